The second kappa shape index (κ2) is 8.37. The van der Waals surface area contributed by atoms with E-state index in [0.29, 0.717) is 11.0 Å². The molecule has 1 aromatic heterocycles. The fraction of sp³-hybridized carbons (Fsp3) is 0.409. The molecule has 0 aliphatic carbocycles. The summed E-state index contributed by atoms with van der Waals surface area (Å²) < 4.78 is 31.6. The minimum atomic E-state index is -3.71. The predicted octanol–water partition coefficient (Wildman–Crippen LogP) is 2.34. The Labute approximate surface area is 177 Å². The van der Waals surface area contributed by atoms with Crippen LogP contribution in [0.1, 0.15) is 30.4 Å². The maximum absolute atomic E-state index is 12.9. The molecule has 1 aliphatic heterocycles. The van der Waals surface area contributed by atoms with Crippen molar-refractivity contribution in [1.29, 1.82) is 0 Å². The van der Waals surface area contributed by atoms with E-state index >= 15 is 0 Å². The molecule has 0 amide bonds. The lowest BCUT2D eigenvalue weighted by molar-refractivity contribution is 0.220. The minimum Gasteiger partial charge on any atom is -0.299 e. The van der Waals surface area contributed by atoms with Crippen LogP contribution in [0.25, 0.3) is 11.0 Å². The van der Waals surface area contributed by atoms with Gasteiger partial charge < -0.3 is 0 Å². The van der Waals surface area contributed by atoms with E-state index in [9.17, 15) is 13.2 Å². The van der Waals surface area contributed by atoms with Gasteiger partial charge in [-0.2, -0.15) is 0 Å². The predicted molar refractivity (Wildman–Crippen MR) is 118 cm³/mol. The third-order valence-electron chi connectivity index (χ3n) is 5.97. The van der Waals surface area contributed by atoms with Crippen LogP contribution in [0.15, 0.2) is 52.2 Å². The molecule has 1 aliphatic rings. The second-order valence-electron chi connectivity index (χ2n) is 7.98. The van der Waals surface area contributed by atoms with Crippen molar-refractivity contribution in [2.45, 2.75) is 37.2 Å². The van der Waals surface area contributed by atoms with Crippen LogP contribution < -0.4 is 10.4 Å². The quantitative estimate of drug-likeness (QED) is 0.654. The number of hydrogen-bond acceptors (Lipinski definition) is 4. The van der Waals surface area contributed by atoms with Gasteiger partial charge in [-0.05, 0) is 55.3 Å². The zero-order valence-corrected chi connectivity index (χ0v) is 18.3. The molecule has 0 saturated carbocycles. The zero-order valence-electron chi connectivity index (χ0n) is 17.5. The highest BCUT2D eigenvalue weighted by Gasteiger charge is 2.18. The van der Waals surface area contributed by atoms with E-state index in [-0.39, 0.29) is 17.1 Å². The number of imidazole rings is 1. The van der Waals surface area contributed by atoms with Crippen molar-refractivity contribution in [2.24, 2.45) is 14.1 Å². The molecule has 1 saturated heterocycles. The van der Waals surface area contributed by atoms with Gasteiger partial charge in [-0.3, -0.25) is 14.0 Å². The first-order valence-corrected chi connectivity index (χ1v) is 11.8. The van der Waals surface area contributed by atoms with Crippen LogP contribution in [0, 0.1) is 0 Å². The van der Waals surface area contributed by atoms with Crippen molar-refractivity contribution >= 4 is 21.1 Å². The van der Waals surface area contributed by atoms with Crippen LogP contribution in [0.5, 0.6) is 0 Å². The molecule has 3 aromatic rings. The molecule has 0 bridgehead atoms. The summed E-state index contributed by atoms with van der Waals surface area (Å²) in [7, 11) is -0.387. The molecule has 2 aromatic carbocycles. The summed E-state index contributed by atoms with van der Waals surface area (Å²) in [6.45, 7) is 3.26. The summed E-state index contributed by atoms with van der Waals surface area (Å²) in [5.41, 5.74) is 3.26. The van der Waals surface area contributed by atoms with Gasteiger partial charge >= 0.3 is 5.69 Å². The molecular formula is C22H28N4O3S. The van der Waals surface area contributed by atoms with Gasteiger partial charge in [0.1, 0.15) is 0 Å². The number of fused-ring (bicyclic) bond motifs is 1. The van der Waals surface area contributed by atoms with E-state index in [1.165, 1.54) is 28.4 Å². The Hall–Kier alpha value is -2.42. The highest BCUT2D eigenvalue weighted by molar-refractivity contribution is 7.89. The number of nitrogens with zero attached hydrogens (tertiary/aromatic N) is 3. The maximum atomic E-state index is 12.9. The fourth-order valence-corrected chi connectivity index (χ4v) is 5.18. The standard InChI is InChI=1S/C22H28N4O3S/c1-24-20-11-10-19(14-21(20)25(2)22(24)27)30(28,29)23-15-17-8-4-5-9-18(17)16-26-12-6-3-7-13-26/h4-5,8-11,14,23H,3,6-7,12-13,15-16H2,1-2H3. The molecule has 1 N–H and O–H groups in total. The van der Waals surface area contributed by atoms with Gasteiger partial charge in [-0.25, -0.2) is 17.9 Å². The van der Waals surface area contributed by atoms with E-state index in [4.69, 9.17) is 0 Å². The van der Waals surface area contributed by atoms with Crippen molar-refractivity contribution in [2.75, 3.05) is 13.1 Å². The number of piperidine rings is 1. The smallest absolute Gasteiger partial charge is 0.299 e. The fourth-order valence-electron chi connectivity index (χ4n) is 4.15. The topological polar surface area (TPSA) is 76.3 Å². The van der Waals surface area contributed by atoms with Crippen molar-refractivity contribution in [1.82, 2.24) is 18.8 Å². The number of nitrogens with one attached hydrogen (secondary N) is 1. The van der Waals surface area contributed by atoms with E-state index < -0.39 is 10.0 Å². The SMILES string of the molecule is Cn1c(=O)n(C)c2cc(S(=O)(=O)NCc3ccccc3CN3CCCCC3)ccc21. The van der Waals surface area contributed by atoms with Gasteiger partial charge in [0.05, 0.1) is 15.9 Å². The first-order chi connectivity index (χ1) is 14.4. The minimum absolute atomic E-state index is 0.157. The van der Waals surface area contributed by atoms with E-state index in [1.54, 1.807) is 32.3 Å². The Kier molecular flexibility index (Phi) is 5.81. The Morgan fingerprint density at radius 1 is 0.900 bits per heavy atom. The number of sulfonamides is 1. The first-order valence-electron chi connectivity index (χ1n) is 10.3. The summed E-state index contributed by atoms with van der Waals surface area (Å²) in [6, 6.07) is 12.8. The van der Waals surface area contributed by atoms with E-state index in [2.05, 4.69) is 15.7 Å². The molecule has 0 spiro atoms. The van der Waals surface area contributed by atoms with Crippen molar-refractivity contribution in [3.8, 4) is 0 Å². The molecule has 0 radical (unpaired) electrons. The van der Waals surface area contributed by atoms with Gasteiger partial charge in [0, 0.05) is 27.2 Å². The monoisotopic (exact) mass is 428 g/mol. The normalized spacial score (nSPS) is 15.7. The number of likely N-dealkylation sites (tertiary alicyclic amines) is 1. The molecule has 4 rings (SSSR count). The van der Waals surface area contributed by atoms with Crippen molar-refractivity contribution in [3.63, 3.8) is 0 Å². The molecule has 0 atom stereocenters. The first kappa shape index (κ1) is 20.8. The Balaban J connectivity index is 1.54. The number of aromatic nitrogens is 2. The van der Waals surface area contributed by atoms with Crippen LogP contribution >= 0.6 is 0 Å². The summed E-state index contributed by atoms with van der Waals surface area (Å²) in [5.74, 6) is 0. The number of rotatable bonds is 6. The highest BCUT2D eigenvalue weighted by atomic mass is 32.2. The van der Waals surface area contributed by atoms with Gasteiger partial charge in [0.15, 0.2) is 0 Å². The summed E-state index contributed by atoms with van der Waals surface area (Å²) in [4.78, 5) is 14.7. The van der Waals surface area contributed by atoms with Gasteiger partial charge in [-0.1, -0.05) is 30.7 Å². The van der Waals surface area contributed by atoms with Crippen LogP contribution in [-0.2, 0) is 37.2 Å². The largest absolute Gasteiger partial charge is 0.328 e. The number of benzene rings is 2. The molecule has 2 heterocycles. The summed E-state index contributed by atoms with van der Waals surface area (Å²) in [5, 5.41) is 0. The van der Waals surface area contributed by atoms with Gasteiger partial charge in [0.2, 0.25) is 10.0 Å². The average Bonchev–Trinajstić information content (AvgIpc) is 2.97. The van der Waals surface area contributed by atoms with Crippen molar-refractivity contribution in [3.05, 3.63) is 64.1 Å². The van der Waals surface area contributed by atoms with Crippen LogP contribution in [0.3, 0.4) is 0 Å². The Morgan fingerprint density at radius 2 is 1.57 bits per heavy atom. The molecule has 8 heteroatoms. The maximum Gasteiger partial charge on any atom is 0.328 e. The van der Waals surface area contributed by atoms with Gasteiger partial charge in [-0.15, -0.1) is 0 Å². The molecular weight excluding hydrogens is 400 g/mol. The van der Waals surface area contributed by atoms with Crippen LogP contribution in [-0.4, -0.2) is 35.5 Å². The van der Waals surface area contributed by atoms with Crippen LogP contribution in [0.4, 0.5) is 0 Å². The third kappa shape index (κ3) is 4.08. The summed E-state index contributed by atoms with van der Waals surface area (Å²) >= 11 is 0. The molecule has 0 unspecified atom stereocenters. The number of hydrogen-bond donors (Lipinski definition) is 1. The van der Waals surface area contributed by atoms with Crippen molar-refractivity contribution < 1.29 is 8.42 Å². The zero-order chi connectivity index (χ0) is 21.3. The average molecular weight is 429 g/mol. The molecule has 1 fully saturated rings. The molecule has 30 heavy (non-hydrogen) atoms. The Bertz CT molecular complexity index is 1220. The Morgan fingerprint density at radius 3 is 2.30 bits per heavy atom. The van der Waals surface area contributed by atoms with Crippen LogP contribution in [0.2, 0.25) is 0 Å². The third-order valence-corrected chi connectivity index (χ3v) is 7.37. The lowest BCUT2D eigenvalue weighted by Gasteiger charge is -2.27. The van der Waals surface area contributed by atoms with Gasteiger partial charge in [0.25, 0.3) is 0 Å². The highest BCUT2D eigenvalue weighted by Crippen LogP contribution is 2.20. The number of aryl methyl sites for hydroxylation is 2. The second-order valence-corrected chi connectivity index (χ2v) is 9.75. The van der Waals surface area contributed by atoms with E-state index in [1.807, 2.05) is 18.2 Å². The van der Waals surface area contributed by atoms with E-state index in [0.717, 1.165) is 30.8 Å². The molecule has 7 nitrogen and oxygen atoms in total. The summed E-state index contributed by atoms with van der Waals surface area (Å²) in [6.07, 6.45) is 3.73. The lowest BCUT2D eigenvalue weighted by atomic mass is 10.1. The molecule has 160 valence electrons. The lowest BCUT2D eigenvalue weighted by Crippen LogP contribution is -2.30.